The van der Waals surface area contributed by atoms with E-state index in [0.717, 1.165) is 18.1 Å². The van der Waals surface area contributed by atoms with Crippen molar-refractivity contribution < 1.29 is 4.74 Å². The van der Waals surface area contributed by atoms with E-state index in [0.29, 0.717) is 0 Å². The molecular formula is C9H12N2O. The van der Waals surface area contributed by atoms with Crippen LogP contribution in [0, 0.1) is 0 Å². The van der Waals surface area contributed by atoms with Gasteiger partial charge >= 0.3 is 0 Å². The van der Waals surface area contributed by atoms with E-state index in [1.807, 2.05) is 12.1 Å². The van der Waals surface area contributed by atoms with Crippen molar-refractivity contribution >= 4 is 5.82 Å². The fraction of sp³-hybridized carbons (Fsp3) is 0.222. The Bertz CT molecular complexity index is 243. The molecule has 0 aliphatic heterocycles. The van der Waals surface area contributed by atoms with E-state index in [1.54, 1.807) is 19.4 Å². The quantitative estimate of drug-likeness (QED) is 0.687. The van der Waals surface area contributed by atoms with Crippen molar-refractivity contribution in [2.75, 3.05) is 19.0 Å². The van der Waals surface area contributed by atoms with Crippen molar-refractivity contribution in [1.29, 1.82) is 0 Å². The van der Waals surface area contributed by atoms with Gasteiger partial charge in [-0.1, -0.05) is 6.08 Å². The highest BCUT2D eigenvalue weighted by Crippen LogP contribution is 2.10. The number of ether oxygens (including phenoxy) is 1. The van der Waals surface area contributed by atoms with E-state index in [4.69, 9.17) is 4.74 Å². The molecule has 1 N–H and O–H groups in total. The van der Waals surface area contributed by atoms with Crippen LogP contribution in [-0.2, 0) is 0 Å². The van der Waals surface area contributed by atoms with E-state index in [-0.39, 0.29) is 0 Å². The average molecular weight is 164 g/mol. The van der Waals surface area contributed by atoms with Crippen LogP contribution in [0.25, 0.3) is 0 Å². The molecule has 0 unspecified atom stereocenters. The lowest BCUT2D eigenvalue weighted by Crippen LogP contribution is -1.99. The molecule has 1 rings (SSSR count). The largest absolute Gasteiger partial charge is 0.495 e. The van der Waals surface area contributed by atoms with Gasteiger partial charge < -0.3 is 10.1 Å². The van der Waals surface area contributed by atoms with Gasteiger partial charge in [0.2, 0.25) is 0 Å². The van der Waals surface area contributed by atoms with Crippen molar-refractivity contribution in [2.45, 2.75) is 0 Å². The summed E-state index contributed by atoms with van der Waals surface area (Å²) in [6.45, 7) is 4.32. The molecule has 12 heavy (non-hydrogen) atoms. The molecule has 1 aromatic rings. The molecule has 0 bridgehead atoms. The predicted molar refractivity (Wildman–Crippen MR) is 49.5 cm³/mol. The van der Waals surface area contributed by atoms with Gasteiger partial charge in [0.15, 0.2) is 0 Å². The van der Waals surface area contributed by atoms with Crippen LogP contribution < -0.4 is 10.1 Å². The first-order valence-corrected chi connectivity index (χ1v) is 3.71. The lowest BCUT2D eigenvalue weighted by atomic mass is 10.4. The zero-order valence-electron chi connectivity index (χ0n) is 7.08. The van der Waals surface area contributed by atoms with Gasteiger partial charge in [0.25, 0.3) is 0 Å². The van der Waals surface area contributed by atoms with Crippen LogP contribution in [0.1, 0.15) is 0 Å². The summed E-state index contributed by atoms with van der Waals surface area (Å²) in [7, 11) is 1.62. The van der Waals surface area contributed by atoms with Crippen molar-refractivity contribution in [3.63, 3.8) is 0 Å². The monoisotopic (exact) mass is 164 g/mol. The zero-order valence-corrected chi connectivity index (χ0v) is 7.08. The number of anilines is 1. The second kappa shape index (κ2) is 4.38. The summed E-state index contributed by atoms with van der Waals surface area (Å²) >= 11 is 0. The number of rotatable bonds is 4. The summed E-state index contributed by atoms with van der Waals surface area (Å²) in [5, 5.41) is 3.06. The van der Waals surface area contributed by atoms with E-state index in [9.17, 15) is 0 Å². The maximum absolute atomic E-state index is 4.96. The third-order valence-electron chi connectivity index (χ3n) is 1.40. The van der Waals surface area contributed by atoms with Crippen molar-refractivity contribution in [1.82, 2.24) is 4.98 Å². The third-order valence-corrected chi connectivity index (χ3v) is 1.40. The fourth-order valence-electron chi connectivity index (χ4n) is 0.782. The molecule has 0 saturated heterocycles. The van der Waals surface area contributed by atoms with E-state index >= 15 is 0 Å². The van der Waals surface area contributed by atoms with Gasteiger partial charge in [0.05, 0.1) is 13.3 Å². The Balaban J connectivity index is 2.58. The summed E-state index contributed by atoms with van der Waals surface area (Å²) < 4.78 is 4.96. The molecule has 0 saturated carbocycles. The molecule has 1 aromatic heterocycles. The Hall–Kier alpha value is -1.51. The first-order valence-electron chi connectivity index (χ1n) is 3.71. The van der Waals surface area contributed by atoms with Crippen molar-refractivity contribution in [2.24, 2.45) is 0 Å². The number of nitrogens with zero attached hydrogens (tertiary/aromatic N) is 1. The molecule has 0 aliphatic rings. The van der Waals surface area contributed by atoms with Crippen molar-refractivity contribution in [3.05, 3.63) is 31.0 Å². The van der Waals surface area contributed by atoms with Gasteiger partial charge in [-0.15, -0.1) is 6.58 Å². The summed E-state index contributed by atoms with van der Waals surface area (Å²) in [6, 6.07) is 3.72. The van der Waals surface area contributed by atoms with Crippen LogP contribution >= 0.6 is 0 Å². The molecule has 64 valence electrons. The third kappa shape index (κ3) is 2.27. The number of methoxy groups -OCH3 is 1. The lowest BCUT2D eigenvalue weighted by molar-refractivity contribution is 0.413. The minimum Gasteiger partial charge on any atom is -0.495 e. The fourth-order valence-corrected chi connectivity index (χ4v) is 0.782. The van der Waals surface area contributed by atoms with E-state index < -0.39 is 0 Å². The number of hydrogen-bond donors (Lipinski definition) is 1. The number of hydrogen-bond acceptors (Lipinski definition) is 3. The van der Waals surface area contributed by atoms with Gasteiger partial charge in [-0.05, 0) is 12.1 Å². The molecule has 0 atom stereocenters. The molecule has 0 radical (unpaired) electrons. The Morgan fingerprint density at radius 3 is 3.00 bits per heavy atom. The van der Waals surface area contributed by atoms with Gasteiger partial charge in [0.1, 0.15) is 11.6 Å². The molecular weight excluding hydrogens is 152 g/mol. The minimum atomic E-state index is 0.722. The van der Waals surface area contributed by atoms with Gasteiger partial charge in [-0.2, -0.15) is 0 Å². The van der Waals surface area contributed by atoms with E-state index in [1.165, 1.54) is 0 Å². The molecule has 3 heteroatoms. The zero-order chi connectivity index (χ0) is 8.81. The highest BCUT2D eigenvalue weighted by molar-refractivity contribution is 5.37. The molecule has 0 amide bonds. The van der Waals surface area contributed by atoms with Crippen molar-refractivity contribution in [3.8, 4) is 5.75 Å². The first kappa shape index (κ1) is 8.59. The Morgan fingerprint density at radius 1 is 1.67 bits per heavy atom. The highest BCUT2D eigenvalue weighted by Gasteiger charge is 1.92. The van der Waals surface area contributed by atoms with E-state index in [2.05, 4.69) is 16.9 Å². The minimum absolute atomic E-state index is 0.722. The maximum Gasteiger partial charge on any atom is 0.137 e. The Kier molecular flexibility index (Phi) is 3.14. The number of aromatic nitrogens is 1. The van der Waals surface area contributed by atoms with Crippen LogP contribution in [0.2, 0.25) is 0 Å². The molecule has 0 spiro atoms. The van der Waals surface area contributed by atoms with Crippen LogP contribution in [0.4, 0.5) is 5.82 Å². The van der Waals surface area contributed by atoms with Crippen LogP contribution in [0.5, 0.6) is 5.75 Å². The number of nitrogens with one attached hydrogen (secondary N) is 1. The molecule has 3 nitrogen and oxygen atoms in total. The Morgan fingerprint density at radius 2 is 2.50 bits per heavy atom. The average Bonchev–Trinajstić information content (AvgIpc) is 2.15. The predicted octanol–water partition coefficient (Wildman–Crippen LogP) is 1.69. The molecule has 0 fully saturated rings. The van der Waals surface area contributed by atoms with Gasteiger partial charge in [0, 0.05) is 6.54 Å². The van der Waals surface area contributed by atoms with Crippen LogP contribution in [-0.4, -0.2) is 18.6 Å². The summed E-state index contributed by atoms with van der Waals surface area (Å²) in [5.74, 6) is 1.59. The summed E-state index contributed by atoms with van der Waals surface area (Å²) in [5.41, 5.74) is 0. The van der Waals surface area contributed by atoms with Gasteiger partial charge in [-0.25, -0.2) is 4.98 Å². The Labute approximate surface area is 72.1 Å². The summed E-state index contributed by atoms with van der Waals surface area (Å²) in [4.78, 5) is 4.10. The SMILES string of the molecule is C=CCNc1ccc(OC)cn1. The second-order valence-electron chi connectivity index (χ2n) is 2.25. The second-order valence-corrected chi connectivity index (χ2v) is 2.25. The lowest BCUT2D eigenvalue weighted by Gasteiger charge is -2.02. The van der Waals surface area contributed by atoms with Crippen LogP contribution in [0.3, 0.4) is 0 Å². The normalized spacial score (nSPS) is 9.08. The molecule has 1 heterocycles. The summed E-state index contributed by atoms with van der Waals surface area (Å²) in [6.07, 6.45) is 3.46. The topological polar surface area (TPSA) is 34.1 Å². The molecule has 0 aromatic carbocycles. The molecule has 0 aliphatic carbocycles. The van der Waals surface area contributed by atoms with Gasteiger partial charge in [-0.3, -0.25) is 0 Å². The van der Waals surface area contributed by atoms with Crippen LogP contribution in [0.15, 0.2) is 31.0 Å². The first-order chi connectivity index (χ1) is 5.86. The highest BCUT2D eigenvalue weighted by atomic mass is 16.5. The smallest absolute Gasteiger partial charge is 0.137 e. The standard InChI is InChI=1S/C9H12N2O/c1-3-6-10-9-5-4-8(12-2)7-11-9/h3-5,7H,1,6H2,2H3,(H,10,11). The maximum atomic E-state index is 4.96. The number of pyridine rings is 1.